The number of hydrogen-bond donors (Lipinski definition) is 1. The Bertz CT molecular complexity index is 592. The summed E-state index contributed by atoms with van der Waals surface area (Å²) in [5.74, 6) is 0. The molecule has 4 heteroatoms. The second-order valence-corrected chi connectivity index (χ2v) is 5.92. The second kappa shape index (κ2) is 5.54. The molecular weight excluding hydrogens is 250 g/mol. The van der Waals surface area contributed by atoms with Crippen LogP contribution in [-0.2, 0) is 13.6 Å². The van der Waals surface area contributed by atoms with E-state index in [9.17, 15) is 5.11 Å². The van der Waals surface area contributed by atoms with Gasteiger partial charge < -0.3 is 5.11 Å². The molecule has 1 heterocycles. The molecule has 0 saturated heterocycles. The number of hydrogen-bond acceptors (Lipinski definition) is 3. The van der Waals surface area contributed by atoms with Gasteiger partial charge in [-0.15, -0.1) is 0 Å². The number of likely N-dealkylation sites (N-methyl/N-ethyl adjacent to an activating group) is 1. The molecule has 1 aliphatic carbocycles. The lowest BCUT2D eigenvalue weighted by Crippen LogP contribution is -2.42. The molecule has 2 unspecified atom stereocenters. The maximum absolute atomic E-state index is 10.2. The molecule has 0 bridgehead atoms. The van der Waals surface area contributed by atoms with E-state index in [1.54, 1.807) is 0 Å². The molecule has 0 amide bonds. The summed E-state index contributed by atoms with van der Waals surface area (Å²) in [6.45, 7) is 0.795. The zero-order chi connectivity index (χ0) is 14.1. The quantitative estimate of drug-likeness (QED) is 0.933. The van der Waals surface area contributed by atoms with Crippen molar-refractivity contribution in [3.8, 4) is 0 Å². The van der Waals surface area contributed by atoms with Gasteiger partial charge in [0.05, 0.1) is 17.3 Å². The molecule has 4 nitrogen and oxygen atoms in total. The standard InChI is InChI=1S/C16H23N3O/c1-18(15-9-5-6-10-16(15)20)11-13-12-7-3-4-8-14(12)19(2)17-13/h3-4,7-8,15-16,20H,5-6,9-11H2,1-2H3. The van der Waals surface area contributed by atoms with E-state index in [2.05, 4.69) is 35.2 Å². The van der Waals surface area contributed by atoms with E-state index < -0.39 is 0 Å². The van der Waals surface area contributed by atoms with Crippen molar-refractivity contribution in [1.82, 2.24) is 14.7 Å². The maximum atomic E-state index is 10.2. The van der Waals surface area contributed by atoms with Crippen LogP contribution in [0, 0.1) is 0 Å². The van der Waals surface area contributed by atoms with Crippen molar-refractivity contribution < 1.29 is 5.11 Å². The van der Waals surface area contributed by atoms with Crippen LogP contribution in [0.3, 0.4) is 0 Å². The summed E-state index contributed by atoms with van der Waals surface area (Å²) >= 11 is 0. The van der Waals surface area contributed by atoms with E-state index in [-0.39, 0.29) is 12.1 Å². The molecule has 0 aliphatic heterocycles. The number of rotatable bonds is 3. The number of aliphatic hydroxyl groups excluding tert-OH is 1. The Morgan fingerprint density at radius 3 is 2.85 bits per heavy atom. The van der Waals surface area contributed by atoms with Gasteiger partial charge in [0, 0.05) is 25.0 Å². The van der Waals surface area contributed by atoms with E-state index in [1.165, 1.54) is 17.3 Å². The van der Waals surface area contributed by atoms with Crippen molar-refractivity contribution in [2.75, 3.05) is 7.05 Å². The van der Waals surface area contributed by atoms with Gasteiger partial charge in [0.25, 0.3) is 0 Å². The molecule has 1 saturated carbocycles. The van der Waals surface area contributed by atoms with Crippen LogP contribution in [-0.4, -0.2) is 39.0 Å². The molecule has 1 N–H and O–H groups in total. The van der Waals surface area contributed by atoms with E-state index in [1.807, 2.05) is 17.8 Å². The van der Waals surface area contributed by atoms with Gasteiger partial charge in [0.2, 0.25) is 0 Å². The van der Waals surface area contributed by atoms with Crippen LogP contribution in [0.2, 0.25) is 0 Å². The number of fused-ring (bicyclic) bond motifs is 1. The Morgan fingerprint density at radius 1 is 1.30 bits per heavy atom. The summed E-state index contributed by atoms with van der Waals surface area (Å²) in [4.78, 5) is 2.26. The summed E-state index contributed by atoms with van der Waals surface area (Å²) in [5, 5.41) is 16.0. The van der Waals surface area contributed by atoms with Crippen molar-refractivity contribution in [1.29, 1.82) is 0 Å². The molecule has 1 aromatic carbocycles. The average molecular weight is 273 g/mol. The number of aromatic nitrogens is 2. The number of para-hydroxylation sites is 1. The Morgan fingerprint density at radius 2 is 2.05 bits per heavy atom. The summed E-state index contributed by atoms with van der Waals surface area (Å²) in [6, 6.07) is 8.60. The monoisotopic (exact) mass is 273 g/mol. The van der Waals surface area contributed by atoms with Gasteiger partial charge >= 0.3 is 0 Å². The normalized spacial score (nSPS) is 23.6. The van der Waals surface area contributed by atoms with Crippen LogP contribution in [0.15, 0.2) is 24.3 Å². The molecule has 3 rings (SSSR count). The number of aryl methyl sites for hydroxylation is 1. The Kier molecular flexibility index (Phi) is 3.76. The summed E-state index contributed by atoms with van der Waals surface area (Å²) in [6.07, 6.45) is 4.19. The molecule has 2 aromatic rings. The van der Waals surface area contributed by atoms with Crippen molar-refractivity contribution in [3.63, 3.8) is 0 Å². The highest BCUT2D eigenvalue weighted by atomic mass is 16.3. The first-order valence-corrected chi connectivity index (χ1v) is 7.45. The van der Waals surface area contributed by atoms with E-state index in [0.717, 1.165) is 31.5 Å². The number of nitrogens with zero attached hydrogens (tertiary/aromatic N) is 3. The molecule has 0 spiro atoms. The van der Waals surface area contributed by atoms with Crippen LogP contribution in [0.4, 0.5) is 0 Å². The second-order valence-electron chi connectivity index (χ2n) is 5.92. The van der Waals surface area contributed by atoms with Gasteiger partial charge in [0.15, 0.2) is 0 Å². The molecular formula is C16H23N3O. The zero-order valence-corrected chi connectivity index (χ0v) is 12.3. The third kappa shape index (κ3) is 2.45. The zero-order valence-electron chi connectivity index (χ0n) is 12.3. The molecule has 1 aliphatic rings. The van der Waals surface area contributed by atoms with E-state index >= 15 is 0 Å². The lowest BCUT2D eigenvalue weighted by Gasteiger charge is -2.34. The molecule has 1 fully saturated rings. The van der Waals surface area contributed by atoms with Gasteiger partial charge in [-0.1, -0.05) is 31.0 Å². The predicted molar refractivity (Wildman–Crippen MR) is 80.4 cm³/mol. The highest BCUT2D eigenvalue weighted by molar-refractivity contribution is 5.81. The highest BCUT2D eigenvalue weighted by Crippen LogP contribution is 2.25. The van der Waals surface area contributed by atoms with Gasteiger partial charge in [-0.05, 0) is 26.0 Å². The van der Waals surface area contributed by atoms with Crippen molar-refractivity contribution >= 4 is 10.9 Å². The smallest absolute Gasteiger partial charge is 0.0843 e. The lowest BCUT2D eigenvalue weighted by molar-refractivity contribution is 0.0284. The third-order valence-electron chi connectivity index (χ3n) is 4.49. The van der Waals surface area contributed by atoms with Crippen molar-refractivity contribution in [2.45, 2.75) is 44.4 Å². The van der Waals surface area contributed by atoms with Crippen molar-refractivity contribution in [2.24, 2.45) is 7.05 Å². The Balaban J connectivity index is 1.82. The Hall–Kier alpha value is -1.39. The molecule has 2 atom stereocenters. The first-order chi connectivity index (χ1) is 9.66. The van der Waals surface area contributed by atoms with Crippen LogP contribution < -0.4 is 0 Å². The van der Waals surface area contributed by atoms with Crippen LogP contribution in [0.5, 0.6) is 0 Å². The summed E-state index contributed by atoms with van der Waals surface area (Å²) in [5.41, 5.74) is 2.27. The lowest BCUT2D eigenvalue weighted by atomic mass is 9.91. The van der Waals surface area contributed by atoms with Gasteiger partial charge in [-0.3, -0.25) is 9.58 Å². The average Bonchev–Trinajstić information content (AvgIpc) is 2.76. The fourth-order valence-corrected chi connectivity index (χ4v) is 3.36. The van der Waals surface area contributed by atoms with Crippen LogP contribution in [0.25, 0.3) is 10.9 Å². The number of aliphatic hydroxyl groups is 1. The van der Waals surface area contributed by atoms with Crippen LogP contribution >= 0.6 is 0 Å². The third-order valence-corrected chi connectivity index (χ3v) is 4.49. The van der Waals surface area contributed by atoms with Gasteiger partial charge in [-0.25, -0.2) is 0 Å². The molecule has 108 valence electrons. The minimum absolute atomic E-state index is 0.191. The first-order valence-electron chi connectivity index (χ1n) is 7.45. The van der Waals surface area contributed by atoms with Gasteiger partial charge in [0.1, 0.15) is 0 Å². The first kappa shape index (κ1) is 13.6. The van der Waals surface area contributed by atoms with Gasteiger partial charge in [-0.2, -0.15) is 5.10 Å². The minimum atomic E-state index is -0.191. The highest BCUT2D eigenvalue weighted by Gasteiger charge is 2.27. The predicted octanol–water partition coefficient (Wildman–Crippen LogP) is 2.31. The molecule has 0 radical (unpaired) electrons. The SMILES string of the molecule is CN(Cc1nn(C)c2ccccc12)C1CCCCC1O. The molecule has 20 heavy (non-hydrogen) atoms. The fourth-order valence-electron chi connectivity index (χ4n) is 3.36. The summed E-state index contributed by atoms with van der Waals surface area (Å²) < 4.78 is 1.94. The maximum Gasteiger partial charge on any atom is 0.0843 e. The molecule has 1 aromatic heterocycles. The number of benzene rings is 1. The Labute approximate surface area is 120 Å². The van der Waals surface area contributed by atoms with Crippen molar-refractivity contribution in [3.05, 3.63) is 30.0 Å². The largest absolute Gasteiger partial charge is 0.391 e. The van der Waals surface area contributed by atoms with E-state index in [4.69, 9.17) is 0 Å². The van der Waals surface area contributed by atoms with Crippen LogP contribution in [0.1, 0.15) is 31.4 Å². The van der Waals surface area contributed by atoms with E-state index in [0.29, 0.717) is 0 Å². The fraction of sp³-hybridized carbons (Fsp3) is 0.562. The topological polar surface area (TPSA) is 41.3 Å². The summed E-state index contributed by atoms with van der Waals surface area (Å²) in [7, 11) is 4.09. The minimum Gasteiger partial charge on any atom is -0.391 e.